The summed E-state index contributed by atoms with van der Waals surface area (Å²) in [5, 5.41) is 22.1. The highest BCUT2D eigenvalue weighted by Gasteiger charge is 2.47. The molecule has 1 N–H and O–H groups in total. The average Bonchev–Trinajstić information content (AvgIpc) is 3.13. The molecule has 1 fully saturated rings. The van der Waals surface area contributed by atoms with E-state index in [1.807, 2.05) is 0 Å². The molecular weight excluding hydrogens is 440 g/mol. The first-order valence-corrected chi connectivity index (χ1v) is 10.2. The Bertz CT molecular complexity index is 1300. The summed E-state index contributed by atoms with van der Waals surface area (Å²) in [4.78, 5) is 38.0. The smallest absolute Gasteiger partial charge is 0.300 e. The number of methoxy groups -OCH3 is 2. The molecule has 0 bridgehead atoms. The number of aliphatic hydroxyl groups excluding tert-OH is 1. The number of aliphatic hydroxyl groups is 1. The van der Waals surface area contributed by atoms with Crippen molar-refractivity contribution in [3.8, 4) is 11.5 Å². The molecule has 1 unspecified atom stereocenters. The van der Waals surface area contributed by atoms with E-state index in [-0.39, 0.29) is 16.8 Å². The number of nitro benzene ring substituents is 1. The number of Topliss-reactive ketones (excluding diaryl/α,β-unsaturated/α-hetero) is 1. The maximum Gasteiger partial charge on any atom is 0.300 e. The summed E-state index contributed by atoms with van der Waals surface area (Å²) < 4.78 is 10.7. The van der Waals surface area contributed by atoms with Gasteiger partial charge in [0.1, 0.15) is 5.76 Å². The minimum Gasteiger partial charge on any atom is -0.507 e. The predicted octanol–water partition coefficient (Wildman–Crippen LogP) is 4.24. The topological polar surface area (TPSA) is 119 Å². The molecule has 9 heteroatoms. The molecule has 3 aromatic carbocycles. The fraction of sp³-hybridized carbons (Fsp3) is 0.120. The first kappa shape index (κ1) is 22.5. The van der Waals surface area contributed by atoms with Crippen molar-refractivity contribution >= 4 is 28.8 Å². The minimum atomic E-state index is -0.975. The van der Waals surface area contributed by atoms with Gasteiger partial charge in [0.15, 0.2) is 11.5 Å². The Morgan fingerprint density at radius 2 is 1.59 bits per heavy atom. The van der Waals surface area contributed by atoms with E-state index in [4.69, 9.17) is 9.47 Å². The van der Waals surface area contributed by atoms with Crippen LogP contribution >= 0.6 is 0 Å². The van der Waals surface area contributed by atoms with E-state index in [1.165, 1.54) is 43.4 Å². The zero-order valence-corrected chi connectivity index (χ0v) is 18.3. The number of ketones is 1. The van der Waals surface area contributed by atoms with Gasteiger partial charge in [-0.1, -0.05) is 24.3 Å². The number of ether oxygens (including phenoxy) is 2. The Hall–Kier alpha value is -4.66. The molecule has 0 spiro atoms. The normalized spacial score (nSPS) is 17.0. The number of carbonyl (C=O) groups is 2. The van der Waals surface area contributed by atoms with Crippen LogP contribution in [0, 0.1) is 10.1 Å². The zero-order chi connectivity index (χ0) is 24.4. The third kappa shape index (κ3) is 3.83. The fourth-order valence-corrected chi connectivity index (χ4v) is 3.92. The maximum atomic E-state index is 13.2. The van der Waals surface area contributed by atoms with Crippen LogP contribution in [0.25, 0.3) is 5.76 Å². The Kier molecular flexibility index (Phi) is 6.01. The van der Waals surface area contributed by atoms with Crippen LogP contribution in [0.1, 0.15) is 17.2 Å². The molecule has 1 amide bonds. The summed E-state index contributed by atoms with van der Waals surface area (Å²) in [5.74, 6) is -1.28. The molecule has 0 aromatic heterocycles. The number of rotatable bonds is 6. The highest BCUT2D eigenvalue weighted by Crippen LogP contribution is 2.44. The largest absolute Gasteiger partial charge is 0.507 e. The molecule has 0 radical (unpaired) electrons. The first-order valence-electron chi connectivity index (χ1n) is 10.2. The fourth-order valence-electron chi connectivity index (χ4n) is 3.92. The molecule has 0 aliphatic carbocycles. The third-order valence-corrected chi connectivity index (χ3v) is 5.55. The van der Waals surface area contributed by atoms with Crippen LogP contribution in [0.15, 0.2) is 78.4 Å². The van der Waals surface area contributed by atoms with E-state index < -0.39 is 28.4 Å². The van der Waals surface area contributed by atoms with Gasteiger partial charge in [-0.15, -0.1) is 0 Å². The quantitative estimate of drug-likeness (QED) is 0.192. The minimum absolute atomic E-state index is 0.144. The number of para-hydroxylation sites is 1. The second-order valence-corrected chi connectivity index (χ2v) is 7.42. The Morgan fingerprint density at radius 1 is 0.941 bits per heavy atom. The third-order valence-electron chi connectivity index (χ3n) is 5.55. The molecule has 0 saturated carbocycles. The number of carbonyl (C=O) groups excluding carboxylic acids is 2. The Morgan fingerprint density at radius 3 is 2.18 bits per heavy atom. The average molecular weight is 460 g/mol. The number of benzene rings is 3. The van der Waals surface area contributed by atoms with E-state index in [9.17, 15) is 24.8 Å². The summed E-state index contributed by atoms with van der Waals surface area (Å²) in [6.45, 7) is 0. The van der Waals surface area contributed by atoms with Gasteiger partial charge in [-0.2, -0.15) is 0 Å². The van der Waals surface area contributed by atoms with Crippen molar-refractivity contribution in [3.63, 3.8) is 0 Å². The summed E-state index contributed by atoms with van der Waals surface area (Å²) in [6, 6.07) is 17.7. The van der Waals surface area contributed by atoms with Gasteiger partial charge in [0.05, 0.1) is 30.8 Å². The van der Waals surface area contributed by atoms with Crippen molar-refractivity contribution in [1.82, 2.24) is 0 Å². The zero-order valence-electron chi connectivity index (χ0n) is 18.3. The van der Waals surface area contributed by atoms with E-state index in [2.05, 4.69) is 0 Å². The van der Waals surface area contributed by atoms with Gasteiger partial charge in [-0.25, -0.2) is 0 Å². The molecule has 9 nitrogen and oxygen atoms in total. The lowest BCUT2D eigenvalue weighted by Crippen LogP contribution is -2.29. The van der Waals surface area contributed by atoms with Gasteiger partial charge in [-0.05, 0) is 42.0 Å². The van der Waals surface area contributed by atoms with Crippen molar-refractivity contribution in [2.75, 3.05) is 19.1 Å². The van der Waals surface area contributed by atoms with Crippen molar-refractivity contribution in [3.05, 3.63) is 99.6 Å². The van der Waals surface area contributed by atoms with E-state index in [1.54, 1.807) is 48.5 Å². The molecule has 1 heterocycles. The highest BCUT2D eigenvalue weighted by atomic mass is 16.6. The lowest BCUT2D eigenvalue weighted by Gasteiger charge is -2.26. The van der Waals surface area contributed by atoms with Crippen LogP contribution in [0.2, 0.25) is 0 Å². The number of amides is 1. The first-order chi connectivity index (χ1) is 16.4. The Labute approximate surface area is 194 Å². The number of anilines is 1. The van der Waals surface area contributed by atoms with Crippen LogP contribution in [-0.2, 0) is 9.59 Å². The van der Waals surface area contributed by atoms with E-state index in [0.717, 1.165) is 0 Å². The summed E-state index contributed by atoms with van der Waals surface area (Å²) >= 11 is 0. The van der Waals surface area contributed by atoms with Crippen LogP contribution in [0.5, 0.6) is 11.5 Å². The van der Waals surface area contributed by atoms with Gasteiger partial charge < -0.3 is 14.6 Å². The molecule has 3 aromatic rings. The van der Waals surface area contributed by atoms with Gasteiger partial charge in [0.2, 0.25) is 0 Å². The van der Waals surface area contributed by atoms with Gasteiger partial charge >= 0.3 is 0 Å². The molecular formula is C25H20N2O7. The maximum absolute atomic E-state index is 13.2. The summed E-state index contributed by atoms with van der Waals surface area (Å²) in [5.41, 5.74) is 0.825. The van der Waals surface area contributed by atoms with Crippen LogP contribution in [0.3, 0.4) is 0 Å². The highest BCUT2D eigenvalue weighted by molar-refractivity contribution is 6.51. The summed E-state index contributed by atoms with van der Waals surface area (Å²) in [6.07, 6.45) is 0. The number of hydrogen-bond donors (Lipinski definition) is 1. The molecule has 1 saturated heterocycles. The van der Waals surface area contributed by atoms with E-state index in [0.29, 0.717) is 22.7 Å². The molecule has 1 aliphatic rings. The van der Waals surface area contributed by atoms with Crippen molar-refractivity contribution in [1.29, 1.82) is 0 Å². The van der Waals surface area contributed by atoms with Gasteiger partial charge in [-0.3, -0.25) is 24.6 Å². The molecule has 34 heavy (non-hydrogen) atoms. The molecule has 4 rings (SSSR count). The lowest BCUT2D eigenvalue weighted by atomic mass is 9.94. The van der Waals surface area contributed by atoms with Crippen molar-refractivity contribution < 1.29 is 29.1 Å². The molecule has 172 valence electrons. The number of non-ortho nitro benzene ring substituents is 1. The van der Waals surface area contributed by atoms with Crippen LogP contribution < -0.4 is 14.4 Å². The second kappa shape index (κ2) is 9.07. The Balaban J connectivity index is 1.93. The SMILES string of the molecule is COc1ccc(C2/C(=C(\O)c3ccc([N+](=O)[O-])cc3)C(=O)C(=O)N2c2ccccc2)cc1OC. The predicted molar refractivity (Wildman–Crippen MR) is 124 cm³/mol. The lowest BCUT2D eigenvalue weighted by molar-refractivity contribution is -0.384. The monoisotopic (exact) mass is 460 g/mol. The standard InChI is InChI=1S/C25H20N2O7/c1-33-19-13-10-16(14-20(19)34-2)22-21(23(28)15-8-11-18(12-9-15)27(31)32)24(29)25(30)26(22)17-6-4-3-5-7-17/h3-14,22,28H,1-2H3/b23-21+. The number of hydrogen-bond acceptors (Lipinski definition) is 7. The molecule has 1 atom stereocenters. The number of nitro groups is 1. The second-order valence-electron chi connectivity index (χ2n) is 7.42. The van der Waals surface area contributed by atoms with E-state index >= 15 is 0 Å². The van der Waals surface area contributed by atoms with Crippen molar-refractivity contribution in [2.24, 2.45) is 0 Å². The van der Waals surface area contributed by atoms with Crippen LogP contribution in [-0.4, -0.2) is 35.9 Å². The van der Waals surface area contributed by atoms with Crippen LogP contribution in [0.4, 0.5) is 11.4 Å². The van der Waals surface area contributed by atoms with Gasteiger partial charge in [0, 0.05) is 23.4 Å². The van der Waals surface area contributed by atoms with Gasteiger partial charge in [0.25, 0.3) is 17.4 Å². The number of nitrogens with zero attached hydrogens (tertiary/aromatic N) is 2. The summed E-state index contributed by atoms with van der Waals surface area (Å²) in [7, 11) is 2.95. The van der Waals surface area contributed by atoms with Crippen molar-refractivity contribution in [2.45, 2.75) is 6.04 Å². The molecule has 1 aliphatic heterocycles.